The van der Waals surface area contributed by atoms with Crippen molar-refractivity contribution in [3.63, 3.8) is 0 Å². The van der Waals surface area contributed by atoms with Crippen LogP contribution in [-0.2, 0) is 0 Å². The second-order valence-electron chi connectivity index (χ2n) is 7.55. The summed E-state index contributed by atoms with van der Waals surface area (Å²) in [6.45, 7) is 5.54. The van der Waals surface area contributed by atoms with Gasteiger partial charge in [0.25, 0.3) is 5.91 Å². The average Bonchev–Trinajstić information content (AvgIpc) is 2.79. The fraction of sp³-hybridized carbons (Fsp3) is 0.462. The van der Waals surface area contributed by atoms with E-state index < -0.39 is 0 Å². The summed E-state index contributed by atoms with van der Waals surface area (Å²) < 4.78 is 11.2. The highest BCUT2D eigenvalue weighted by molar-refractivity contribution is 5.95. The maximum absolute atomic E-state index is 12.2. The van der Waals surface area contributed by atoms with E-state index in [1.54, 1.807) is 18.3 Å². The standard InChI is InChI=1S/C26H36N2O3/c1-3-5-6-7-8-9-10-11-20-31-25-18-14-23(15-19-25)26(29)28-27-21-22-12-16-24(17-13-22)30-4-2/h12-19,21H,3-11,20H2,1-2H3,(H,28,29)/b27-21+. The second kappa shape index (κ2) is 15.1. The molecule has 0 aliphatic carbocycles. The van der Waals surface area contributed by atoms with Crippen LogP contribution in [0.15, 0.2) is 53.6 Å². The number of amides is 1. The van der Waals surface area contributed by atoms with Crippen LogP contribution in [0.5, 0.6) is 11.5 Å². The fourth-order valence-corrected chi connectivity index (χ4v) is 3.18. The summed E-state index contributed by atoms with van der Waals surface area (Å²) in [4.78, 5) is 12.2. The fourth-order valence-electron chi connectivity index (χ4n) is 3.18. The van der Waals surface area contributed by atoms with Crippen LogP contribution >= 0.6 is 0 Å². The Morgan fingerprint density at radius 2 is 1.39 bits per heavy atom. The Morgan fingerprint density at radius 3 is 2.03 bits per heavy atom. The number of benzene rings is 2. The van der Waals surface area contributed by atoms with Crippen LogP contribution in [0, 0.1) is 0 Å². The van der Waals surface area contributed by atoms with E-state index in [1.807, 2.05) is 43.3 Å². The van der Waals surface area contributed by atoms with Gasteiger partial charge < -0.3 is 9.47 Å². The number of carbonyl (C=O) groups is 1. The van der Waals surface area contributed by atoms with Crippen LogP contribution in [0.1, 0.15) is 81.1 Å². The molecule has 31 heavy (non-hydrogen) atoms. The number of unbranched alkanes of at least 4 members (excludes halogenated alkanes) is 7. The average molecular weight is 425 g/mol. The van der Waals surface area contributed by atoms with Gasteiger partial charge in [-0.2, -0.15) is 5.10 Å². The molecule has 5 heteroatoms. The first kappa shape index (κ1) is 24.4. The Hall–Kier alpha value is -2.82. The number of carbonyl (C=O) groups excluding carboxylic acids is 1. The zero-order valence-corrected chi connectivity index (χ0v) is 18.9. The largest absolute Gasteiger partial charge is 0.494 e. The first-order valence-corrected chi connectivity index (χ1v) is 11.5. The van der Waals surface area contributed by atoms with Gasteiger partial charge in [-0.05, 0) is 67.4 Å². The Labute approximate surface area is 186 Å². The van der Waals surface area contributed by atoms with Crippen LogP contribution < -0.4 is 14.9 Å². The van der Waals surface area contributed by atoms with Gasteiger partial charge in [0.15, 0.2) is 0 Å². The van der Waals surface area contributed by atoms with Crippen molar-refractivity contribution >= 4 is 12.1 Å². The lowest BCUT2D eigenvalue weighted by molar-refractivity contribution is 0.0955. The third kappa shape index (κ3) is 10.2. The number of hydrazone groups is 1. The minimum atomic E-state index is -0.253. The highest BCUT2D eigenvalue weighted by atomic mass is 16.5. The summed E-state index contributed by atoms with van der Waals surface area (Å²) in [7, 11) is 0. The zero-order chi connectivity index (χ0) is 22.2. The number of hydrogen-bond donors (Lipinski definition) is 1. The monoisotopic (exact) mass is 424 g/mol. The van der Waals surface area contributed by atoms with E-state index in [0.29, 0.717) is 18.8 Å². The van der Waals surface area contributed by atoms with E-state index in [1.165, 1.54) is 44.9 Å². The topological polar surface area (TPSA) is 59.9 Å². The van der Waals surface area contributed by atoms with Crippen molar-refractivity contribution in [1.82, 2.24) is 5.43 Å². The van der Waals surface area contributed by atoms with Crippen LogP contribution in [-0.4, -0.2) is 25.3 Å². The molecular weight excluding hydrogens is 388 g/mol. The maximum Gasteiger partial charge on any atom is 0.271 e. The molecule has 1 amide bonds. The van der Waals surface area contributed by atoms with Gasteiger partial charge in [0, 0.05) is 5.56 Å². The van der Waals surface area contributed by atoms with E-state index in [9.17, 15) is 4.79 Å². The normalized spacial score (nSPS) is 10.9. The van der Waals surface area contributed by atoms with E-state index in [0.717, 1.165) is 23.5 Å². The predicted molar refractivity (Wildman–Crippen MR) is 127 cm³/mol. The van der Waals surface area contributed by atoms with E-state index >= 15 is 0 Å². The lowest BCUT2D eigenvalue weighted by atomic mass is 10.1. The molecular formula is C26H36N2O3. The minimum Gasteiger partial charge on any atom is -0.494 e. The molecule has 2 aromatic carbocycles. The third-order valence-electron chi connectivity index (χ3n) is 4.95. The summed E-state index contributed by atoms with van der Waals surface area (Å²) in [5, 5.41) is 4.02. The molecule has 0 bridgehead atoms. The van der Waals surface area contributed by atoms with Crippen LogP contribution in [0.4, 0.5) is 0 Å². The first-order chi connectivity index (χ1) is 15.2. The van der Waals surface area contributed by atoms with Gasteiger partial charge in [-0.25, -0.2) is 5.43 Å². The molecule has 2 aromatic rings. The van der Waals surface area contributed by atoms with Crippen molar-refractivity contribution in [2.24, 2.45) is 5.10 Å². The maximum atomic E-state index is 12.2. The number of ether oxygens (including phenoxy) is 2. The highest BCUT2D eigenvalue weighted by Crippen LogP contribution is 2.14. The SMILES string of the molecule is CCCCCCCCCCOc1ccc(C(=O)N/N=C/c2ccc(OCC)cc2)cc1. The molecule has 0 atom stereocenters. The van der Waals surface area contributed by atoms with Crippen LogP contribution in [0.2, 0.25) is 0 Å². The Kier molecular flexibility index (Phi) is 11.9. The van der Waals surface area contributed by atoms with Crippen molar-refractivity contribution < 1.29 is 14.3 Å². The van der Waals surface area contributed by atoms with Crippen molar-refractivity contribution in [3.05, 3.63) is 59.7 Å². The summed E-state index contributed by atoms with van der Waals surface area (Å²) in [5.41, 5.74) is 3.98. The Morgan fingerprint density at radius 1 is 0.806 bits per heavy atom. The number of nitrogens with zero attached hydrogens (tertiary/aromatic N) is 1. The Balaban J connectivity index is 1.64. The molecule has 1 N–H and O–H groups in total. The van der Waals surface area contributed by atoms with Crippen molar-refractivity contribution in [3.8, 4) is 11.5 Å². The van der Waals surface area contributed by atoms with Gasteiger partial charge in [-0.1, -0.05) is 51.9 Å². The highest BCUT2D eigenvalue weighted by Gasteiger charge is 2.04. The summed E-state index contributed by atoms with van der Waals surface area (Å²) >= 11 is 0. The summed E-state index contributed by atoms with van der Waals surface area (Å²) in [5.74, 6) is 1.35. The molecule has 0 heterocycles. The van der Waals surface area contributed by atoms with Crippen molar-refractivity contribution in [2.45, 2.75) is 65.2 Å². The van der Waals surface area contributed by atoms with Crippen molar-refractivity contribution in [1.29, 1.82) is 0 Å². The lowest BCUT2D eigenvalue weighted by Crippen LogP contribution is -2.17. The molecule has 0 aliphatic heterocycles. The summed E-state index contributed by atoms with van der Waals surface area (Å²) in [6, 6.07) is 14.7. The van der Waals surface area contributed by atoms with Crippen molar-refractivity contribution in [2.75, 3.05) is 13.2 Å². The third-order valence-corrected chi connectivity index (χ3v) is 4.95. The molecule has 0 saturated heterocycles. The van der Waals surface area contributed by atoms with Gasteiger partial charge in [0.1, 0.15) is 11.5 Å². The molecule has 0 fully saturated rings. The van der Waals surface area contributed by atoms with Gasteiger partial charge in [-0.15, -0.1) is 0 Å². The Bertz CT molecular complexity index is 770. The first-order valence-electron chi connectivity index (χ1n) is 11.5. The molecule has 2 rings (SSSR count). The van der Waals surface area contributed by atoms with Gasteiger partial charge in [0.05, 0.1) is 19.4 Å². The quantitative estimate of drug-likeness (QED) is 0.205. The van der Waals surface area contributed by atoms with Gasteiger partial charge in [0.2, 0.25) is 0 Å². The van der Waals surface area contributed by atoms with E-state index in [2.05, 4.69) is 17.5 Å². The molecule has 0 spiro atoms. The van der Waals surface area contributed by atoms with E-state index in [4.69, 9.17) is 9.47 Å². The predicted octanol–water partition coefficient (Wildman–Crippen LogP) is 6.37. The molecule has 0 radical (unpaired) electrons. The number of nitrogens with one attached hydrogen (secondary N) is 1. The van der Waals surface area contributed by atoms with Gasteiger partial charge in [-0.3, -0.25) is 4.79 Å². The molecule has 0 unspecified atom stereocenters. The molecule has 0 saturated carbocycles. The summed E-state index contributed by atoms with van der Waals surface area (Å²) in [6.07, 6.45) is 11.8. The molecule has 5 nitrogen and oxygen atoms in total. The smallest absolute Gasteiger partial charge is 0.271 e. The number of hydrogen-bond acceptors (Lipinski definition) is 4. The second-order valence-corrected chi connectivity index (χ2v) is 7.55. The minimum absolute atomic E-state index is 0.253. The number of rotatable bonds is 15. The molecule has 0 aromatic heterocycles. The van der Waals surface area contributed by atoms with Crippen LogP contribution in [0.25, 0.3) is 0 Å². The zero-order valence-electron chi connectivity index (χ0n) is 18.9. The lowest BCUT2D eigenvalue weighted by Gasteiger charge is -2.07. The van der Waals surface area contributed by atoms with E-state index in [-0.39, 0.29) is 5.91 Å². The molecule has 0 aliphatic rings. The van der Waals surface area contributed by atoms with Crippen LogP contribution in [0.3, 0.4) is 0 Å². The molecule has 168 valence electrons. The van der Waals surface area contributed by atoms with Gasteiger partial charge >= 0.3 is 0 Å².